The minimum atomic E-state index is -0.723. The SMILES string of the molecule is Cc1cc(C)n(-c2sc([C@@H](C)O)cc2[N+](=O)[O-])n1. The van der Waals surface area contributed by atoms with Crippen molar-refractivity contribution in [3.05, 3.63) is 38.5 Å². The number of rotatable bonds is 3. The summed E-state index contributed by atoms with van der Waals surface area (Å²) in [5.74, 6) is 0. The number of hydrogen-bond donors (Lipinski definition) is 1. The predicted molar refractivity (Wildman–Crippen MR) is 68.2 cm³/mol. The van der Waals surface area contributed by atoms with E-state index in [2.05, 4.69) is 5.10 Å². The molecule has 0 unspecified atom stereocenters. The Morgan fingerprint density at radius 2 is 2.17 bits per heavy atom. The summed E-state index contributed by atoms with van der Waals surface area (Å²) < 4.78 is 1.55. The molecule has 2 aromatic heterocycles. The molecule has 0 spiro atoms. The van der Waals surface area contributed by atoms with Crippen molar-refractivity contribution in [2.24, 2.45) is 0 Å². The highest BCUT2D eigenvalue weighted by Crippen LogP contribution is 2.36. The first-order chi connectivity index (χ1) is 8.40. The molecule has 2 heterocycles. The fourth-order valence-electron chi connectivity index (χ4n) is 1.71. The highest BCUT2D eigenvalue weighted by molar-refractivity contribution is 7.15. The van der Waals surface area contributed by atoms with Gasteiger partial charge in [0.2, 0.25) is 0 Å². The van der Waals surface area contributed by atoms with E-state index in [1.807, 2.05) is 19.9 Å². The van der Waals surface area contributed by atoms with Crippen molar-refractivity contribution in [1.82, 2.24) is 9.78 Å². The molecule has 0 aliphatic rings. The Morgan fingerprint density at radius 1 is 1.50 bits per heavy atom. The van der Waals surface area contributed by atoms with Crippen LogP contribution in [0.3, 0.4) is 0 Å². The fourth-order valence-corrected chi connectivity index (χ4v) is 2.79. The third-order valence-electron chi connectivity index (χ3n) is 2.52. The van der Waals surface area contributed by atoms with Crippen molar-refractivity contribution in [3.8, 4) is 5.00 Å². The molecule has 96 valence electrons. The van der Waals surface area contributed by atoms with Gasteiger partial charge in [-0.1, -0.05) is 0 Å². The van der Waals surface area contributed by atoms with Crippen LogP contribution in [0, 0.1) is 24.0 Å². The zero-order valence-electron chi connectivity index (χ0n) is 10.2. The molecule has 7 heteroatoms. The number of nitro groups is 1. The molecule has 1 atom stereocenters. The maximum atomic E-state index is 11.0. The van der Waals surface area contributed by atoms with E-state index in [1.54, 1.807) is 11.6 Å². The third-order valence-corrected chi connectivity index (χ3v) is 3.79. The van der Waals surface area contributed by atoms with Gasteiger partial charge < -0.3 is 5.11 Å². The standard InChI is InChI=1S/C11H13N3O3S/c1-6-4-7(2)13(12-6)11-9(14(16)17)5-10(18-11)8(3)15/h4-5,8,15H,1-3H3/t8-/m1/s1. The van der Waals surface area contributed by atoms with Crippen LogP contribution in [-0.2, 0) is 0 Å². The van der Waals surface area contributed by atoms with Crippen LogP contribution in [0.2, 0.25) is 0 Å². The molecular weight excluding hydrogens is 254 g/mol. The van der Waals surface area contributed by atoms with E-state index >= 15 is 0 Å². The molecule has 0 saturated carbocycles. The van der Waals surface area contributed by atoms with E-state index in [0.717, 1.165) is 11.4 Å². The summed E-state index contributed by atoms with van der Waals surface area (Å²) in [6.07, 6.45) is -0.723. The molecule has 0 aromatic carbocycles. The van der Waals surface area contributed by atoms with Crippen LogP contribution in [0.25, 0.3) is 5.00 Å². The summed E-state index contributed by atoms with van der Waals surface area (Å²) in [5, 5.41) is 25.2. The molecule has 0 amide bonds. The lowest BCUT2D eigenvalue weighted by atomic mass is 10.3. The van der Waals surface area contributed by atoms with Crippen molar-refractivity contribution in [2.75, 3.05) is 0 Å². The maximum absolute atomic E-state index is 11.0. The second kappa shape index (κ2) is 4.51. The number of aromatic nitrogens is 2. The first kappa shape index (κ1) is 12.7. The first-order valence-electron chi connectivity index (χ1n) is 5.40. The molecule has 0 saturated heterocycles. The Bertz CT molecular complexity index is 601. The van der Waals surface area contributed by atoms with Gasteiger partial charge in [-0.2, -0.15) is 5.10 Å². The van der Waals surface area contributed by atoms with Crippen LogP contribution in [0.5, 0.6) is 0 Å². The molecule has 2 rings (SSSR count). The minimum absolute atomic E-state index is 0.0258. The molecule has 0 fully saturated rings. The van der Waals surface area contributed by atoms with Crippen LogP contribution in [-0.4, -0.2) is 19.8 Å². The fraction of sp³-hybridized carbons (Fsp3) is 0.364. The van der Waals surface area contributed by atoms with Gasteiger partial charge in [0.25, 0.3) is 0 Å². The molecule has 0 bridgehead atoms. The number of thiophene rings is 1. The van der Waals surface area contributed by atoms with Crippen LogP contribution >= 0.6 is 11.3 Å². The Balaban J connectivity index is 2.62. The zero-order chi connectivity index (χ0) is 13.4. The van der Waals surface area contributed by atoms with Crippen molar-refractivity contribution < 1.29 is 10.0 Å². The Hall–Kier alpha value is -1.73. The topological polar surface area (TPSA) is 81.2 Å². The predicted octanol–water partition coefficient (Wildman–Crippen LogP) is 2.51. The maximum Gasteiger partial charge on any atom is 0.306 e. The molecular formula is C11H13N3O3S. The lowest BCUT2D eigenvalue weighted by Gasteiger charge is -2.00. The van der Waals surface area contributed by atoms with Gasteiger partial charge in [-0.3, -0.25) is 10.1 Å². The quantitative estimate of drug-likeness (QED) is 0.684. The number of aliphatic hydroxyl groups excluding tert-OH is 1. The Morgan fingerprint density at radius 3 is 2.61 bits per heavy atom. The van der Waals surface area contributed by atoms with E-state index in [9.17, 15) is 15.2 Å². The molecule has 1 N–H and O–H groups in total. The first-order valence-corrected chi connectivity index (χ1v) is 6.21. The summed E-state index contributed by atoms with van der Waals surface area (Å²) >= 11 is 1.19. The molecule has 0 aliphatic heterocycles. The van der Waals surface area contributed by atoms with Gasteiger partial charge in [-0.05, 0) is 26.8 Å². The van der Waals surface area contributed by atoms with Gasteiger partial charge in [-0.15, -0.1) is 11.3 Å². The zero-order valence-corrected chi connectivity index (χ0v) is 11.1. The molecule has 0 radical (unpaired) electrons. The van der Waals surface area contributed by atoms with Gasteiger partial charge in [0.1, 0.15) is 0 Å². The molecule has 2 aromatic rings. The Kier molecular flexibility index (Phi) is 3.18. The summed E-state index contributed by atoms with van der Waals surface area (Å²) in [5.41, 5.74) is 1.60. The second-order valence-electron chi connectivity index (χ2n) is 4.11. The number of nitrogens with zero attached hydrogens (tertiary/aromatic N) is 3. The average Bonchev–Trinajstić information content (AvgIpc) is 2.81. The van der Waals surface area contributed by atoms with Gasteiger partial charge in [0.05, 0.1) is 16.7 Å². The van der Waals surface area contributed by atoms with Crippen molar-refractivity contribution in [2.45, 2.75) is 26.9 Å². The largest absolute Gasteiger partial charge is 0.388 e. The second-order valence-corrected chi connectivity index (χ2v) is 5.17. The van der Waals surface area contributed by atoms with Crippen molar-refractivity contribution in [3.63, 3.8) is 0 Å². The smallest absolute Gasteiger partial charge is 0.306 e. The number of hydrogen-bond acceptors (Lipinski definition) is 5. The van der Waals surface area contributed by atoms with Crippen LogP contribution in [0.1, 0.15) is 29.3 Å². The molecule has 0 aliphatic carbocycles. The van der Waals surface area contributed by atoms with Crippen molar-refractivity contribution in [1.29, 1.82) is 0 Å². The van der Waals surface area contributed by atoms with Gasteiger partial charge in [-0.25, -0.2) is 4.68 Å². The summed E-state index contributed by atoms with van der Waals surface area (Å²) in [7, 11) is 0. The summed E-state index contributed by atoms with van der Waals surface area (Å²) in [6.45, 7) is 5.25. The van der Waals surface area contributed by atoms with E-state index in [0.29, 0.717) is 9.88 Å². The van der Waals surface area contributed by atoms with Crippen molar-refractivity contribution >= 4 is 17.0 Å². The van der Waals surface area contributed by atoms with Crippen LogP contribution in [0.4, 0.5) is 5.69 Å². The van der Waals surface area contributed by atoms with Crippen LogP contribution in [0.15, 0.2) is 12.1 Å². The lowest BCUT2D eigenvalue weighted by molar-refractivity contribution is -0.384. The number of aryl methyl sites for hydroxylation is 2. The van der Waals surface area contributed by atoms with Crippen LogP contribution < -0.4 is 0 Å². The monoisotopic (exact) mass is 267 g/mol. The van der Waals surface area contributed by atoms with Gasteiger partial charge in [0.15, 0.2) is 5.00 Å². The van der Waals surface area contributed by atoms with E-state index in [1.165, 1.54) is 17.4 Å². The number of aliphatic hydroxyl groups is 1. The van der Waals surface area contributed by atoms with Gasteiger partial charge in [0, 0.05) is 16.6 Å². The molecule has 6 nitrogen and oxygen atoms in total. The highest BCUT2D eigenvalue weighted by atomic mass is 32.1. The molecule has 18 heavy (non-hydrogen) atoms. The van der Waals surface area contributed by atoms with E-state index in [-0.39, 0.29) is 5.69 Å². The normalized spacial score (nSPS) is 12.7. The summed E-state index contributed by atoms with van der Waals surface area (Å²) in [6, 6.07) is 3.26. The third kappa shape index (κ3) is 2.14. The van der Waals surface area contributed by atoms with E-state index < -0.39 is 11.0 Å². The van der Waals surface area contributed by atoms with Gasteiger partial charge >= 0.3 is 5.69 Å². The minimum Gasteiger partial charge on any atom is -0.388 e. The lowest BCUT2D eigenvalue weighted by Crippen LogP contribution is -1.99. The highest BCUT2D eigenvalue weighted by Gasteiger charge is 2.23. The average molecular weight is 267 g/mol. The summed E-state index contributed by atoms with van der Waals surface area (Å²) in [4.78, 5) is 11.1. The van der Waals surface area contributed by atoms with E-state index in [4.69, 9.17) is 0 Å². The Labute approximate surface area is 108 Å².